The van der Waals surface area contributed by atoms with Crippen LogP contribution in [0.5, 0.6) is 0 Å². The molecule has 1 aromatic heterocycles. The van der Waals surface area contributed by atoms with Crippen molar-refractivity contribution >= 4 is 30.3 Å². The van der Waals surface area contributed by atoms with Crippen molar-refractivity contribution in [3.8, 4) is 11.1 Å². The maximum atomic E-state index is 13.2. The quantitative estimate of drug-likeness (QED) is 0.123. The molecule has 2 aliphatic carbocycles. The highest BCUT2D eigenvalue weighted by molar-refractivity contribution is 7.57. The summed E-state index contributed by atoms with van der Waals surface area (Å²) in [6, 6.07) is 26.0. The van der Waals surface area contributed by atoms with Crippen molar-refractivity contribution in [1.29, 1.82) is 0 Å². The van der Waals surface area contributed by atoms with E-state index in [9.17, 15) is 14.2 Å². The zero-order valence-corrected chi connectivity index (χ0v) is 26.6. The Balaban J connectivity index is 1.09. The summed E-state index contributed by atoms with van der Waals surface area (Å²) in [6.45, 7) is 3.82. The molecule has 234 valence electrons. The van der Waals surface area contributed by atoms with E-state index in [0.29, 0.717) is 13.0 Å². The van der Waals surface area contributed by atoms with E-state index in [4.69, 9.17) is 9.26 Å². The Morgan fingerprint density at radius 2 is 1.69 bits per heavy atom. The number of ether oxygens (including phenoxy) is 1. The summed E-state index contributed by atoms with van der Waals surface area (Å²) in [5, 5.41) is 7.16. The SMILES string of the molecule is CP(C)(=O)OC[C@@H](/C=C1\CCC[C@H]1C(=O)NCCc1cc2ccccc2[nH]1)NC(=O)OCC1c2ccccc2-c2ccccc21. The van der Waals surface area contributed by atoms with Gasteiger partial charge < -0.3 is 24.9 Å². The molecular weight excluding hydrogens is 585 g/mol. The van der Waals surface area contributed by atoms with E-state index in [1.807, 2.05) is 48.5 Å². The Morgan fingerprint density at radius 3 is 2.40 bits per heavy atom. The molecule has 0 radical (unpaired) electrons. The number of carbonyl (C=O) groups is 2. The van der Waals surface area contributed by atoms with E-state index in [-0.39, 0.29) is 31.0 Å². The van der Waals surface area contributed by atoms with Gasteiger partial charge in [0.15, 0.2) is 7.37 Å². The van der Waals surface area contributed by atoms with Crippen molar-refractivity contribution in [2.75, 3.05) is 33.1 Å². The number of aromatic amines is 1. The van der Waals surface area contributed by atoms with Gasteiger partial charge in [-0.1, -0.05) is 78.4 Å². The van der Waals surface area contributed by atoms with E-state index in [1.54, 1.807) is 13.3 Å². The average Bonchev–Trinajstić information content (AvgIpc) is 3.74. The lowest BCUT2D eigenvalue weighted by molar-refractivity contribution is -0.123. The molecule has 0 aliphatic heterocycles. The van der Waals surface area contributed by atoms with E-state index in [1.165, 1.54) is 0 Å². The number of carbonyl (C=O) groups excluding carboxylic acids is 2. The van der Waals surface area contributed by atoms with Crippen LogP contribution >= 0.6 is 7.37 Å². The summed E-state index contributed by atoms with van der Waals surface area (Å²) in [7, 11) is -2.81. The monoisotopic (exact) mass is 625 g/mol. The lowest BCUT2D eigenvalue weighted by Crippen LogP contribution is -2.38. The van der Waals surface area contributed by atoms with Crippen molar-refractivity contribution in [1.82, 2.24) is 15.6 Å². The summed E-state index contributed by atoms with van der Waals surface area (Å²) in [6.07, 6.45) is 4.38. The van der Waals surface area contributed by atoms with Crippen molar-refractivity contribution < 1.29 is 23.4 Å². The topological polar surface area (TPSA) is 110 Å². The van der Waals surface area contributed by atoms with Gasteiger partial charge in [-0.25, -0.2) is 4.79 Å². The number of rotatable bonds is 11. The van der Waals surface area contributed by atoms with Crippen LogP contribution in [0.3, 0.4) is 0 Å². The second-order valence-corrected chi connectivity index (χ2v) is 15.0. The average molecular weight is 626 g/mol. The third-order valence-electron chi connectivity index (χ3n) is 8.63. The Kier molecular flexibility index (Phi) is 9.24. The number of hydrogen-bond acceptors (Lipinski definition) is 5. The standard InChI is InChI=1S/C36H40N3O5P/c1-45(2,42)44-22-27(39-36(41)43-23-33-31-14-6-4-12-29(31)30-13-5-7-15-32(30)33)20-24-11-9-16-28(24)35(40)37-19-18-26-21-25-10-3-8-17-34(25)38-26/h3-8,10,12-15,17,20-21,27-28,33,38H,9,11,16,18-19,22-23H2,1-2H3,(H,37,40)(H,39,41)/b24-20+/t27-,28-/m1/s1. The van der Waals surface area contributed by atoms with Gasteiger partial charge in [0.05, 0.1) is 18.6 Å². The van der Waals surface area contributed by atoms with Crippen LogP contribution in [0.1, 0.15) is 42.0 Å². The number of para-hydroxylation sites is 1. The molecule has 1 fully saturated rings. The number of amides is 2. The van der Waals surface area contributed by atoms with Crippen molar-refractivity contribution in [2.45, 2.75) is 37.6 Å². The van der Waals surface area contributed by atoms with Crippen LogP contribution in [-0.2, 0) is 25.0 Å². The Hall–Kier alpha value is -4.13. The fourth-order valence-corrected chi connectivity index (χ4v) is 7.04. The summed E-state index contributed by atoms with van der Waals surface area (Å²) >= 11 is 0. The molecule has 0 saturated heterocycles. The molecule has 2 aliphatic rings. The van der Waals surface area contributed by atoms with E-state index >= 15 is 0 Å². The minimum Gasteiger partial charge on any atom is -0.449 e. The highest BCUT2D eigenvalue weighted by Gasteiger charge is 2.31. The number of nitrogens with one attached hydrogen (secondary N) is 3. The highest BCUT2D eigenvalue weighted by Crippen LogP contribution is 2.44. The van der Waals surface area contributed by atoms with Gasteiger partial charge in [0.25, 0.3) is 0 Å². The maximum Gasteiger partial charge on any atom is 0.407 e. The number of aromatic nitrogens is 1. The molecule has 1 heterocycles. The first-order chi connectivity index (χ1) is 21.7. The van der Waals surface area contributed by atoms with Crippen LogP contribution in [0, 0.1) is 5.92 Å². The Morgan fingerprint density at radius 1 is 1.00 bits per heavy atom. The van der Waals surface area contributed by atoms with Gasteiger partial charge >= 0.3 is 6.09 Å². The van der Waals surface area contributed by atoms with Gasteiger partial charge in [0.1, 0.15) is 6.61 Å². The third kappa shape index (κ3) is 7.41. The van der Waals surface area contributed by atoms with Crippen LogP contribution in [-0.4, -0.2) is 56.1 Å². The van der Waals surface area contributed by atoms with Gasteiger partial charge in [0.2, 0.25) is 5.91 Å². The lowest BCUT2D eigenvalue weighted by Gasteiger charge is -2.21. The summed E-state index contributed by atoms with van der Waals surface area (Å²) in [5.41, 5.74) is 7.70. The summed E-state index contributed by atoms with van der Waals surface area (Å²) < 4.78 is 23.8. The summed E-state index contributed by atoms with van der Waals surface area (Å²) in [4.78, 5) is 29.8. The second-order valence-electron chi connectivity index (χ2n) is 12.2. The van der Waals surface area contributed by atoms with Gasteiger partial charge in [0, 0.05) is 43.4 Å². The smallest absolute Gasteiger partial charge is 0.407 e. The molecular formula is C36H40N3O5P. The first kappa shape index (κ1) is 30.9. The van der Waals surface area contributed by atoms with Crippen molar-refractivity contribution in [3.05, 3.63) is 107 Å². The van der Waals surface area contributed by atoms with Gasteiger partial charge in [-0.3, -0.25) is 9.36 Å². The number of benzene rings is 3. The molecule has 4 aromatic rings. The van der Waals surface area contributed by atoms with Crippen LogP contribution in [0.25, 0.3) is 22.0 Å². The Bertz CT molecular complexity index is 1690. The molecule has 9 heteroatoms. The third-order valence-corrected chi connectivity index (χ3v) is 9.40. The molecule has 2 amide bonds. The first-order valence-electron chi connectivity index (χ1n) is 15.6. The molecule has 3 aromatic carbocycles. The molecule has 0 unspecified atom stereocenters. The van der Waals surface area contributed by atoms with Gasteiger partial charge in [-0.05, 0) is 59.0 Å². The van der Waals surface area contributed by atoms with Crippen LogP contribution in [0.2, 0.25) is 0 Å². The fourth-order valence-electron chi connectivity index (χ4n) is 6.52. The van der Waals surface area contributed by atoms with Crippen LogP contribution in [0.15, 0.2) is 90.5 Å². The number of alkyl carbamates (subject to hydrolysis) is 1. The molecule has 3 N–H and O–H groups in total. The van der Waals surface area contributed by atoms with E-state index < -0.39 is 19.5 Å². The normalized spacial score (nSPS) is 17.6. The maximum absolute atomic E-state index is 13.2. The fraction of sp³-hybridized carbons (Fsp3) is 0.333. The molecule has 6 rings (SSSR count). The number of fused-ring (bicyclic) bond motifs is 4. The van der Waals surface area contributed by atoms with Gasteiger partial charge in [-0.15, -0.1) is 0 Å². The van der Waals surface area contributed by atoms with Gasteiger partial charge in [-0.2, -0.15) is 0 Å². The number of H-pyrrole nitrogens is 1. The van der Waals surface area contributed by atoms with Crippen LogP contribution < -0.4 is 10.6 Å². The molecule has 2 atom stereocenters. The van der Waals surface area contributed by atoms with Crippen molar-refractivity contribution in [2.24, 2.45) is 5.92 Å². The summed E-state index contributed by atoms with van der Waals surface area (Å²) in [5.74, 6) is -0.364. The first-order valence-corrected chi connectivity index (χ1v) is 18.1. The molecule has 1 saturated carbocycles. The van der Waals surface area contributed by atoms with Crippen LogP contribution in [0.4, 0.5) is 4.79 Å². The van der Waals surface area contributed by atoms with E-state index in [2.05, 4.69) is 52.0 Å². The number of hydrogen-bond donors (Lipinski definition) is 3. The molecule has 45 heavy (non-hydrogen) atoms. The molecule has 8 nitrogen and oxygen atoms in total. The predicted molar refractivity (Wildman–Crippen MR) is 178 cm³/mol. The molecule has 0 bridgehead atoms. The minimum atomic E-state index is -2.81. The predicted octanol–water partition coefficient (Wildman–Crippen LogP) is 7.01. The lowest BCUT2D eigenvalue weighted by atomic mass is 9.98. The largest absolute Gasteiger partial charge is 0.449 e. The zero-order valence-electron chi connectivity index (χ0n) is 25.8. The Labute approximate surface area is 264 Å². The minimum absolute atomic E-state index is 0.0205. The van der Waals surface area contributed by atoms with Crippen molar-refractivity contribution in [3.63, 3.8) is 0 Å². The highest BCUT2D eigenvalue weighted by atomic mass is 31.2. The zero-order chi connectivity index (χ0) is 31.4. The molecule has 0 spiro atoms. The second kappa shape index (κ2) is 13.5. The van der Waals surface area contributed by atoms with E-state index in [0.717, 1.165) is 63.7 Å².